The first-order valence-electron chi connectivity index (χ1n) is 9.24. The molecular formula is C21H12F6N4O2. The van der Waals surface area contributed by atoms with E-state index in [1.807, 2.05) is 5.48 Å². The van der Waals surface area contributed by atoms with Gasteiger partial charge in [0.15, 0.2) is 23.3 Å². The molecule has 12 heteroatoms. The number of nitrogens with zero attached hydrogens (tertiary/aromatic N) is 3. The Morgan fingerprint density at radius 2 is 1.55 bits per heavy atom. The summed E-state index contributed by atoms with van der Waals surface area (Å²) < 4.78 is 81.6. The number of rotatable bonds is 6. The SMILES string of the molecule is O=C(NOCc1c(F)c(F)c(F)c(F)c1F)c1cc2ncn(Cc3ccc(F)cc3)c2cn1. The van der Waals surface area contributed by atoms with Gasteiger partial charge in [0.1, 0.15) is 18.1 Å². The maximum Gasteiger partial charge on any atom is 0.293 e. The molecule has 0 atom stereocenters. The molecule has 6 nitrogen and oxygen atoms in total. The lowest BCUT2D eigenvalue weighted by Gasteiger charge is -2.09. The second-order valence-electron chi connectivity index (χ2n) is 6.83. The third-order valence-corrected chi connectivity index (χ3v) is 4.69. The lowest BCUT2D eigenvalue weighted by Crippen LogP contribution is -2.25. The summed E-state index contributed by atoms with van der Waals surface area (Å²) in [5.74, 6) is -12.0. The molecule has 0 aliphatic heterocycles. The first-order chi connectivity index (χ1) is 15.8. The molecule has 0 radical (unpaired) electrons. The quantitative estimate of drug-likeness (QED) is 0.200. The molecule has 4 aromatic rings. The second kappa shape index (κ2) is 8.90. The van der Waals surface area contributed by atoms with Crippen molar-refractivity contribution < 1.29 is 36.0 Å². The fraction of sp³-hybridized carbons (Fsp3) is 0.0952. The van der Waals surface area contributed by atoms with Crippen LogP contribution in [-0.2, 0) is 18.0 Å². The molecule has 0 bridgehead atoms. The number of aromatic nitrogens is 3. The molecule has 0 spiro atoms. The number of carbonyl (C=O) groups excluding carboxylic acids is 1. The lowest BCUT2D eigenvalue weighted by atomic mass is 10.2. The molecule has 0 unspecified atom stereocenters. The van der Waals surface area contributed by atoms with E-state index in [1.165, 1.54) is 30.7 Å². The van der Waals surface area contributed by atoms with Crippen molar-refractivity contribution in [1.82, 2.24) is 20.0 Å². The van der Waals surface area contributed by atoms with Gasteiger partial charge in [-0.1, -0.05) is 12.1 Å². The average molecular weight is 466 g/mol. The van der Waals surface area contributed by atoms with Crippen LogP contribution in [0.2, 0.25) is 0 Å². The number of pyridine rings is 1. The summed E-state index contributed by atoms with van der Waals surface area (Å²) in [6, 6.07) is 7.17. The van der Waals surface area contributed by atoms with Crippen LogP contribution in [-0.4, -0.2) is 20.4 Å². The second-order valence-corrected chi connectivity index (χ2v) is 6.83. The van der Waals surface area contributed by atoms with Crippen LogP contribution >= 0.6 is 0 Å². The van der Waals surface area contributed by atoms with Crippen LogP contribution in [0.4, 0.5) is 26.3 Å². The van der Waals surface area contributed by atoms with E-state index < -0.39 is 47.2 Å². The van der Waals surface area contributed by atoms with Gasteiger partial charge in [0.05, 0.1) is 29.1 Å². The Balaban J connectivity index is 1.44. The van der Waals surface area contributed by atoms with Gasteiger partial charge in [0, 0.05) is 6.54 Å². The van der Waals surface area contributed by atoms with Crippen molar-refractivity contribution >= 4 is 16.9 Å². The zero-order chi connectivity index (χ0) is 23.7. The number of amides is 1. The summed E-state index contributed by atoms with van der Waals surface area (Å²) in [6.07, 6.45) is 2.85. The lowest BCUT2D eigenvalue weighted by molar-refractivity contribution is 0.0204. The molecule has 0 fully saturated rings. The molecule has 170 valence electrons. The van der Waals surface area contributed by atoms with E-state index >= 15 is 0 Å². The fourth-order valence-electron chi connectivity index (χ4n) is 3.00. The van der Waals surface area contributed by atoms with E-state index in [0.29, 0.717) is 17.6 Å². The highest BCUT2D eigenvalue weighted by molar-refractivity contribution is 5.94. The van der Waals surface area contributed by atoms with E-state index in [2.05, 4.69) is 14.8 Å². The maximum atomic E-state index is 13.6. The number of imidazole rings is 1. The molecule has 33 heavy (non-hydrogen) atoms. The van der Waals surface area contributed by atoms with Crippen LogP contribution < -0.4 is 5.48 Å². The van der Waals surface area contributed by atoms with Crippen molar-refractivity contribution in [2.24, 2.45) is 0 Å². The average Bonchev–Trinajstić information content (AvgIpc) is 3.22. The third kappa shape index (κ3) is 4.37. The van der Waals surface area contributed by atoms with Gasteiger partial charge in [-0.05, 0) is 23.8 Å². The summed E-state index contributed by atoms with van der Waals surface area (Å²) in [5, 5.41) is 0. The minimum Gasteiger partial charge on any atom is -0.325 e. The van der Waals surface area contributed by atoms with Crippen molar-refractivity contribution in [2.75, 3.05) is 0 Å². The van der Waals surface area contributed by atoms with E-state index in [-0.39, 0.29) is 11.5 Å². The Bertz CT molecular complexity index is 1330. The predicted octanol–water partition coefficient (Wildman–Crippen LogP) is 4.18. The van der Waals surface area contributed by atoms with Crippen molar-refractivity contribution in [1.29, 1.82) is 0 Å². The van der Waals surface area contributed by atoms with Gasteiger partial charge in [0.2, 0.25) is 5.82 Å². The van der Waals surface area contributed by atoms with Gasteiger partial charge in [-0.2, -0.15) is 0 Å². The molecule has 0 saturated carbocycles. The normalized spacial score (nSPS) is 11.2. The predicted molar refractivity (Wildman–Crippen MR) is 102 cm³/mol. The molecule has 0 aliphatic carbocycles. The van der Waals surface area contributed by atoms with Crippen molar-refractivity contribution in [3.63, 3.8) is 0 Å². The highest BCUT2D eigenvalue weighted by Gasteiger charge is 2.26. The molecule has 2 aromatic heterocycles. The Morgan fingerprint density at radius 3 is 2.21 bits per heavy atom. The molecular weight excluding hydrogens is 454 g/mol. The minimum atomic E-state index is -2.30. The van der Waals surface area contributed by atoms with Crippen LogP contribution in [0.25, 0.3) is 11.0 Å². The number of fused-ring (bicyclic) bond motifs is 1. The number of hydroxylamine groups is 1. The van der Waals surface area contributed by atoms with Crippen molar-refractivity contribution in [2.45, 2.75) is 13.2 Å². The van der Waals surface area contributed by atoms with Crippen LogP contribution in [0.5, 0.6) is 0 Å². The van der Waals surface area contributed by atoms with E-state index in [4.69, 9.17) is 0 Å². The minimum absolute atomic E-state index is 0.174. The topological polar surface area (TPSA) is 69.0 Å². The monoisotopic (exact) mass is 466 g/mol. The van der Waals surface area contributed by atoms with E-state index in [1.54, 1.807) is 16.7 Å². The van der Waals surface area contributed by atoms with Crippen LogP contribution in [0, 0.1) is 34.9 Å². The molecule has 1 amide bonds. The van der Waals surface area contributed by atoms with E-state index in [9.17, 15) is 31.1 Å². The number of benzene rings is 2. The van der Waals surface area contributed by atoms with Gasteiger partial charge in [-0.25, -0.2) is 41.8 Å². The molecule has 4 rings (SSSR count). The van der Waals surface area contributed by atoms with Crippen molar-refractivity contribution in [3.05, 3.63) is 94.6 Å². The largest absolute Gasteiger partial charge is 0.325 e. The van der Waals surface area contributed by atoms with Crippen molar-refractivity contribution in [3.8, 4) is 0 Å². The zero-order valence-electron chi connectivity index (χ0n) is 16.4. The summed E-state index contributed by atoms with van der Waals surface area (Å²) in [6.45, 7) is -0.749. The summed E-state index contributed by atoms with van der Waals surface area (Å²) >= 11 is 0. The third-order valence-electron chi connectivity index (χ3n) is 4.69. The number of nitrogens with one attached hydrogen (secondary N) is 1. The first-order valence-corrected chi connectivity index (χ1v) is 9.24. The van der Waals surface area contributed by atoms with E-state index in [0.717, 1.165) is 5.56 Å². The maximum absolute atomic E-state index is 13.6. The Morgan fingerprint density at radius 1 is 0.909 bits per heavy atom. The van der Waals surface area contributed by atoms with Gasteiger partial charge in [-0.15, -0.1) is 0 Å². The number of hydrogen-bond acceptors (Lipinski definition) is 4. The standard InChI is InChI=1S/C21H12F6N4O2/c22-11-3-1-10(2-4-11)7-31-9-29-13-5-14(28-6-15(13)31)21(32)30-33-8-12-16(23)18(25)20(27)19(26)17(12)24/h1-6,9H,7-8H2,(H,30,32). The smallest absolute Gasteiger partial charge is 0.293 e. The summed E-state index contributed by atoms with van der Waals surface area (Å²) in [7, 11) is 0. The van der Waals surface area contributed by atoms with Gasteiger partial charge in [-0.3, -0.25) is 9.63 Å². The molecule has 1 N–H and O–H groups in total. The van der Waals surface area contributed by atoms with Crippen LogP contribution in [0.15, 0.2) is 42.9 Å². The Kier molecular flexibility index (Phi) is 6.01. The Labute approximate surface area is 181 Å². The molecule has 0 saturated heterocycles. The van der Waals surface area contributed by atoms with Gasteiger partial charge in [0.25, 0.3) is 5.91 Å². The zero-order valence-corrected chi connectivity index (χ0v) is 16.4. The highest BCUT2D eigenvalue weighted by atomic mass is 19.2. The summed E-state index contributed by atoms with van der Waals surface area (Å²) in [4.78, 5) is 25.0. The molecule has 2 heterocycles. The van der Waals surface area contributed by atoms with Crippen LogP contribution in [0.1, 0.15) is 21.6 Å². The first kappa shape index (κ1) is 22.3. The fourth-order valence-corrected chi connectivity index (χ4v) is 3.00. The summed E-state index contributed by atoms with van der Waals surface area (Å²) in [5.41, 5.74) is 2.17. The number of hydrogen-bond donors (Lipinski definition) is 1. The highest BCUT2D eigenvalue weighted by Crippen LogP contribution is 2.23. The van der Waals surface area contributed by atoms with Gasteiger partial charge >= 0.3 is 0 Å². The molecule has 2 aromatic carbocycles. The molecule has 0 aliphatic rings. The van der Waals surface area contributed by atoms with Crippen LogP contribution in [0.3, 0.4) is 0 Å². The number of carbonyl (C=O) groups is 1. The van der Waals surface area contributed by atoms with Gasteiger partial charge < -0.3 is 4.57 Å². The Hall–Kier alpha value is -3.93. The number of halogens is 6.